The third-order valence-corrected chi connectivity index (χ3v) is 4.57. The van der Waals surface area contributed by atoms with Gasteiger partial charge in [0.1, 0.15) is 0 Å². The van der Waals surface area contributed by atoms with E-state index in [4.69, 9.17) is 4.74 Å². The van der Waals surface area contributed by atoms with Gasteiger partial charge in [0.05, 0.1) is 31.4 Å². The molecule has 1 aliphatic rings. The number of carbonyl (C=O) groups is 2. The van der Waals surface area contributed by atoms with Crippen LogP contribution in [-0.2, 0) is 9.53 Å². The first-order chi connectivity index (χ1) is 13.0. The van der Waals surface area contributed by atoms with Gasteiger partial charge in [-0.1, -0.05) is 48.0 Å². The lowest BCUT2D eigenvalue weighted by Crippen LogP contribution is -2.50. The van der Waals surface area contributed by atoms with Gasteiger partial charge in [-0.05, 0) is 24.6 Å². The Morgan fingerprint density at radius 2 is 1.93 bits per heavy atom. The average molecular weight is 366 g/mol. The number of methoxy groups -OCH3 is 1. The van der Waals surface area contributed by atoms with E-state index in [-0.39, 0.29) is 18.7 Å². The first kappa shape index (κ1) is 18.8. The summed E-state index contributed by atoms with van der Waals surface area (Å²) in [6, 6.07) is 15.6. The molecule has 1 amide bonds. The van der Waals surface area contributed by atoms with Crippen LogP contribution in [0.25, 0.3) is 0 Å². The van der Waals surface area contributed by atoms with Crippen LogP contribution in [0.3, 0.4) is 0 Å². The van der Waals surface area contributed by atoms with Gasteiger partial charge < -0.3 is 9.84 Å². The van der Waals surface area contributed by atoms with Gasteiger partial charge in [0.15, 0.2) is 0 Å². The SMILES string of the molecule is COC(=O)C[C@@H]1[C@H](O)CC(c2cccc(C)c2)=NN1C(=O)c1ccccc1. The minimum absolute atomic E-state index is 0.124. The monoisotopic (exact) mass is 366 g/mol. The van der Waals surface area contributed by atoms with Crippen LogP contribution in [0.2, 0.25) is 0 Å². The Hall–Kier alpha value is -2.99. The number of aliphatic hydroxyl groups is 1. The molecule has 2 aromatic rings. The summed E-state index contributed by atoms with van der Waals surface area (Å²) in [5.41, 5.74) is 2.95. The molecule has 2 atom stereocenters. The van der Waals surface area contributed by atoms with E-state index in [2.05, 4.69) is 5.10 Å². The molecule has 6 heteroatoms. The second kappa shape index (κ2) is 8.14. The Balaban J connectivity index is 2.01. The fourth-order valence-electron chi connectivity index (χ4n) is 3.13. The van der Waals surface area contributed by atoms with Crippen molar-refractivity contribution in [2.24, 2.45) is 5.10 Å². The van der Waals surface area contributed by atoms with Crippen LogP contribution >= 0.6 is 0 Å². The van der Waals surface area contributed by atoms with Crippen LogP contribution in [0.4, 0.5) is 0 Å². The molecule has 6 nitrogen and oxygen atoms in total. The fraction of sp³-hybridized carbons (Fsp3) is 0.286. The van der Waals surface area contributed by atoms with Crippen molar-refractivity contribution in [3.05, 3.63) is 71.3 Å². The molecule has 0 bridgehead atoms. The van der Waals surface area contributed by atoms with E-state index in [0.717, 1.165) is 11.1 Å². The highest BCUT2D eigenvalue weighted by atomic mass is 16.5. The molecule has 0 radical (unpaired) electrons. The number of aliphatic hydroxyl groups excluding tert-OH is 1. The Bertz CT molecular complexity index is 863. The van der Waals surface area contributed by atoms with Crippen LogP contribution in [0.5, 0.6) is 0 Å². The molecule has 2 aromatic carbocycles. The van der Waals surface area contributed by atoms with Crippen molar-refractivity contribution < 1.29 is 19.4 Å². The van der Waals surface area contributed by atoms with Crippen LogP contribution in [0.1, 0.15) is 34.3 Å². The highest BCUT2D eigenvalue weighted by molar-refractivity contribution is 6.03. The molecule has 1 heterocycles. The predicted octanol–water partition coefficient (Wildman–Crippen LogP) is 2.54. The van der Waals surface area contributed by atoms with Crippen molar-refractivity contribution >= 4 is 17.6 Å². The van der Waals surface area contributed by atoms with E-state index in [0.29, 0.717) is 11.3 Å². The molecule has 0 saturated carbocycles. The number of esters is 1. The van der Waals surface area contributed by atoms with Crippen LogP contribution in [0.15, 0.2) is 59.7 Å². The second-order valence-corrected chi connectivity index (χ2v) is 6.55. The van der Waals surface area contributed by atoms with Crippen molar-refractivity contribution in [2.45, 2.75) is 31.9 Å². The molecule has 1 aliphatic heterocycles. The highest BCUT2D eigenvalue weighted by Gasteiger charge is 2.37. The van der Waals surface area contributed by atoms with Crippen molar-refractivity contribution in [2.75, 3.05) is 7.11 Å². The Morgan fingerprint density at radius 1 is 1.19 bits per heavy atom. The van der Waals surface area contributed by atoms with Gasteiger partial charge in [-0.25, -0.2) is 5.01 Å². The first-order valence-electron chi connectivity index (χ1n) is 8.77. The minimum atomic E-state index is -0.926. The van der Waals surface area contributed by atoms with Crippen LogP contribution in [0, 0.1) is 6.92 Å². The molecule has 0 saturated heterocycles. The number of benzene rings is 2. The van der Waals surface area contributed by atoms with Gasteiger partial charge in [-0.2, -0.15) is 5.10 Å². The largest absolute Gasteiger partial charge is 0.469 e. The van der Waals surface area contributed by atoms with Gasteiger partial charge in [0.2, 0.25) is 0 Å². The normalized spacial score (nSPS) is 19.4. The number of hydrogen-bond acceptors (Lipinski definition) is 5. The van der Waals surface area contributed by atoms with Crippen molar-refractivity contribution in [3.8, 4) is 0 Å². The van der Waals surface area contributed by atoms with Crippen molar-refractivity contribution in [1.82, 2.24) is 5.01 Å². The molecular weight excluding hydrogens is 344 g/mol. The summed E-state index contributed by atoms with van der Waals surface area (Å²) in [7, 11) is 1.28. The highest BCUT2D eigenvalue weighted by Crippen LogP contribution is 2.25. The summed E-state index contributed by atoms with van der Waals surface area (Å²) in [4.78, 5) is 24.8. The molecule has 1 N–H and O–H groups in total. The van der Waals surface area contributed by atoms with E-state index in [9.17, 15) is 14.7 Å². The van der Waals surface area contributed by atoms with Crippen LogP contribution < -0.4 is 0 Å². The Kier molecular flexibility index (Phi) is 5.66. The third kappa shape index (κ3) is 4.23. The number of rotatable bonds is 4. The number of hydrogen-bond donors (Lipinski definition) is 1. The maximum Gasteiger partial charge on any atom is 0.307 e. The molecule has 3 rings (SSSR count). The van der Waals surface area contributed by atoms with E-state index < -0.39 is 18.1 Å². The fourth-order valence-corrected chi connectivity index (χ4v) is 3.13. The minimum Gasteiger partial charge on any atom is -0.469 e. The van der Waals surface area contributed by atoms with Gasteiger partial charge in [0, 0.05) is 12.0 Å². The average Bonchev–Trinajstić information content (AvgIpc) is 2.69. The molecule has 27 heavy (non-hydrogen) atoms. The van der Waals surface area contributed by atoms with E-state index >= 15 is 0 Å². The number of ether oxygens (including phenoxy) is 1. The number of nitrogens with zero attached hydrogens (tertiary/aromatic N) is 2. The van der Waals surface area contributed by atoms with E-state index in [1.54, 1.807) is 24.3 Å². The lowest BCUT2D eigenvalue weighted by atomic mass is 9.94. The molecule has 140 valence electrons. The van der Waals surface area contributed by atoms with Gasteiger partial charge >= 0.3 is 5.97 Å². The Morgan fingerprint density at radius 3 is 2.59 bits per heavy atom. The second-order valence-electron chi connectivity index (χ2n) is 6.55. The summed E-state index contributed by atoms with van der Waals surface area (Å²) in [5.74, 6) is -0.868. The quantitative estimate of drug-likeness (QED) is 0.844. The molecule has 0 fully saturated rings. The summed E-state index contributed by atoms with van der Waals surface area (Å²) in [6.07, 6.45) is -0.797. The predicted molar refractivity (Wildman–Crippen MR) is 101 cm³/mol. The van der Waals surface area contributed by atoms with Gasteiger partial charge in [-0.15, -0.1) is 0 Å². The topological polar surface area (TPSA) is 79.2 Å². The molecule has 0 spiro atoms. The summed E-state index contributed by atoms with van der Waals surface area (Å²) in [5, 5.41) is 16.4. The summed E-state index contributed by atoms with van der Waals surface area (Å²) >= 11 is 0. The number of amides is 1. The molecular formula is C21H22N2O4. The third-order valence-electron chi connectivity index (χ3n) is 4.57. The van der Waals surface area contributed by atoms with Crippen LogP contribution in [-0.4, -0.2) is 47.0 Å². The number of hydrazone groups is 1. The standard InChI is InChI=1S/C21H22N2O4/c1-14-7-6-10-16(11-14)17-12-19(24)18(13-20(25)27-2)23(22-17)21(26)15-8-4-3-5-9-15/h3-11,18-19,24H,12-13H2,1-2H3/t18-,19-/m1/s1. The van der Waals surface area contributed by atoms with E-state index in [1.807, 2.05) is 37.3 Å². The zero-order valence-electron chi connectivity index (χ0n) is 15.3. The maximum absolute atomic E-state index is 13.0. The molecule has 0 aromatic heterocycles. The zero-order chi connectivity index (χ0) is 19.4. The molecule has 0 unspecified atom stereocenters. The van der Waals surface area contributed by atoms with Crippen molar-refractivity contribution in [3.63, 3.8) is 0 Å². The Labute approximate surface area is 158 Å². The first-order valence-corrected chi connectivity index (χ1v) is 8.77. The van der Waals surface area contributed by atoms with E-state index in [1.165, 1.54) is 12.1 Å². The lowest BCUT2D eigenvalue weighted by Gasteiger charge is -2.35. The smallest absolute Gasteiger partial charge is 0.307 e. The summed E-state index contributed by atoms with van der Waals surface area (Å²) in [6.45, 7) is 1.97. The number of carbonyl (C=O) groups excluding carboxylic acids is 2. The van der Waals surface area contributed by atoms with Gasteiger partial charge in [0.25, 0.3) is 5.91 Å². The van der Waals surface area contributed by atoms with Crippen molar-refractivity contribution in [1.29, 1.82) is 0 Å². The maximum atomic E-state index is 13.0. The number of aryl methyl sites for hydroxylation is 1. The summed E-state index contributed by atoms with van der Waals surface area (Å²) < 4.78 is 4.73. The zero-order valence-corrected chi connectivity index (χ0v) is 15.3. The lowest BCUT2D eigenvalue weighted by molar-refractivity contribution is -0.143. The van der Waals surface area contributed by atoms with Gasteiger partial charge in [-0.3, -0.25) is 9.59 Å². The molecule has 0 aliphatic carbocycles.